The second kappa shape index (κ2) is 6.75. The van der Waals surface area contributed by atoms with Gasteiger partial charge < -0.3 is 15.0 Å². The molecule has 20 heavy (non-hydrogen) atoms. The van der Waals surface area contributed by atoms with Gasteiger partial charge in [-0.2, -0.15) is 0 Å². The zero-order valence-electron chi connectivity index (χ0n) is 12.6. The molecule has 0 saturated carbocycles. The number of hydrogen-bond donors (Lipinski definition) is 1. The number of hydrogen-bond acceptors (Lipinski definition) is 4. The van der Waals surface area contributed by atoms with Crippen LogP contribution in [0.4, 0.5) is 5.69 Å². The van der Waals surface area contributed by atoms with Crippen molar-refractivity contribution in [3.05, 3.63) is 29.3 Å². The summed E-state index contributed by atoms with van der Waals surface area (Å²) in [7, 11) is 3.59. The van der Waals surface area contributed by atoms with Gasteiger partial charge in [0.15, 0.2) is 0 Å². The number of benzene rings is 1. The van der Waals surface area contributed by atoms with Gasteiger partial charge in [0, 0.05) is 18.8 Å². The third kappa shape index (κ3) is 3.51. The topological polar surface area (TPSA) is 41.6 Å². The van der Waals surface area contributed by atoms with Crippen molar-refractivity contribution in [2.24, 2.45) is 5.92 Å². The first-order valence-electron chi connectivity index (χ1n) is 7.22. The highest BCUT2D eigenvalue weighted by Gasteiger charge is 2.17. The molecule has 0 spiro atoms. The fourth-order valence-corrected chi connectivity index (χ4v) is 2.85. The number of esters is 1. The van der Waals surface area contributed by atoms with Crippen molar-refractivity contribution in [2.75, 3.05) is 39.1 Å². The van der Waals surface area contributed by atoms with E-state index in [0.29, 0.717) is 11.5 Å². The van der Waals surface area contributed by atoms with E-state index in [1.165, 1.54) is 26.5 Å². The van der Waals surface area contributed by atoms with Crippen LogP contribution in [0.2, 0.25) is 0 Å². The first-order chi connectivity index (χ1) is 9.61. The van der Waals surface area contributed by atoms with E-state index < -0.39 is 0 Å². The van der Waals surface area contributed by atoms with E-state index in [0.717, 1.165) is 24.3 Å². The number of nitrogens with one attached hydrogen (secondary N) is 1. The fraction of sp³-hybridized carbons (Fsp3) is 0.562. The predicted molar refractivity (Wildman–Crippen MR) is 81.2 cm³/mol. The lowest BCUT2D eigenvalue weighted by Gasteiger charge is -2.30. The molecule has 4 heteroatoms. The molecule has 0 bridgehead atoms. The van der Waals surface area contributed by atoms with E-state index >= 15 is 0 Å². The van der Waals surface area contributed by atoms with Crippen molar-refractivity contribution >= 4 is 11.7 Å². The molecule has 1 aliphatic heterocycles. The highest BCUT2D eigenvalue weighted by atomic mass is 16.5. The molecule has 0 radical (unpaired) electrons. The van der Waals surface area contributed by atoms with Crippen molar-refractivity contribution < 1.29 is 9.53 Å². The number of methoxy groups -OCH3 is 1. The van der Waals surface area contributed by atoms with Crippen molar-refractivity contribution in [3.8, 4) is 0 Å². The summed E-state index contributed by atoms with van der Waals surface area (Å²) in [6.45, 7) is 5.26. The lowest BCUT2D eigenvalue weighted by molar-refractivity contribution is 0.0600. The van der Waals surface area contributed by atoms with Gasteiger partial charge in [-0.05, 0) is 57.0 Å². The Labute approximate surface area is 121 Å². The number of likely N-dealkylation sites (tertiary alicyclic amines) is 1. The first-order valence-corrected chi connectivity index (χ1v) is 7.22. The number of ether oxygens (including phenoxy) is 1. The third-order valence-corrected chi connectivity index (χ3v) is 4.04. The van der Waals surface area contributed by atoms with Crippen LogP contribution in [0.1, 0.15) is 28.8 Å². The van der Waals surface area contributed by atoms with Crippen LogP contribution in [0.25, 0.3) is 0 Å². The summed E-state index contributed by atoms with van der Waals surface area (Å²) in [5.74, 6) is 0.401. The molecule has 1 aromatic rings. The Morgan fingerprint density at radius 3 is 3.00 bits per heavy atom. The van der Waals surface area contributed by atoms with Crippen molar-refractivity contribution in [1.82, 2.24) is 4.90 Å². The Hall–Kier alpha value is -1.55. The predicted octanol–water partition coefficient (Wildman–Crippen LogP) is 2.54. The largest absolute Gasteiger partial charge is 0.465 e. The number of rotatable bonds is 4. The SMILES string of the molecule is COC(=O)c1cccc(NCC2CCCN(C)C2)c1C. The Balaban J connectivity index is 2.01. The average Bonchev–Trinajstić information content (AvgIpc) is 2.45. The number of carbonyl (C=O) groups excluding carboxylic acids is 1. The smallest absolute Gasteiger partial charge is 0.338 e. The van der Waals surface area contributed by atoms with Crippen LogP contribution in [-0.4, -0.2) is 44.7 Å². The molecule has 0 amide bonds. The standard InChI is InChI=1S/C16H24N2O2/c1-12-14(16(19)20-3)7-4-8-15(12)17-10-13-6-5-9-18(2)11-13/h4,7-8,13,17H,5-6,9-11H2,1-3H3. The summed E-state index contributed by atoms with van der Waals surface area (Å²) < 4.78 is 4.81. The molecule has 4 nitrogen and oxygen atoms in total. The molecule has 1 unspecified atom stereocenters. The van der Waals surface area contributed by atoms with E-state index in [1.807, 2.05) is 19.1 Å². The van der Waals surface area contributed by atoms with Gasteiger partial charge in [-0.15, -0.1) is 0 Å². The number of nitrogens with zero attached hydrogens (tertiary/aromatic N) is 1. The zero-order chi connectivity index (χ0) is 14.5. The molecule has 1 heterocycles. The third-order valence-electron chi connectivity index (χ3n) is 4.04. The molecule has 0 aromatic heterocycles. The molecule has 0 aliphatic carbocycles. The van der Waals surface area contributed by atoms with Gasteiger partial charge >= 0.3 is 5.97 Å². The highest BCUT2D eigenvalue weighted by molar-refractivity contribution is 5.92. The average molecular weight is 276 g/mol. The first kappa shape index (κ1) is 14.9. The molecule has 1 saturated heterocycles. The Morgan fingerprint density at radius 1 is 1.50 bits per heavy atom. The van der Waals surface area contributed by atoms with Crippen LogP contribution >= 0.6 is 0 Å². The lowest BCUT2D eigenvalue weighted by Crippen LogP contribution is -2.35. The van der Waals surface area contributed by atoms with E-state index in [9.17, 15) is 4.79 Å². The van der Waals surface area contributed by atoms with E-state index in [-0.39, 0.29) is 5.97 Å². The molecular weight excluding hydrogens is 252 g/mol. The minimum absolute atomic E-state index is 0.274. The summed E-state index contributed by atoms with van der Waals surface area (Å²) in [6.07, 6.45) is 2.54. The van der Waals surface area contributed by atoms with Gasteiger partial charge in [-0.3, -0.25) is 0 Å². The minimum Gasteiger partial charge on any atom is -0.465 e. The van der Waals surface area contributed by atoms with Crippen LogP contribution in [-0.2, 0) is 4.74 Å². The summed E-state index contributed by atoms with van der Waals surface area (Å²) in [6, 6.07) is 5.73. The molecule has 1 aliphatic rings. The maximum atomic E-state index is 11.7. The fourth-order valence-electron chi connectivity index (χ4n) is 2.85. The highest BCUT2D eigenvalue weighted by Crippen LogP contribution is 2.21. The van der Waals surface area contributed by atoms with E-state index in [4.69, 9.17) is 4.74 Å². The van der Waals surface area contributed by atoms with Gasteiger partial charge in [0.1, 0.15) is 0 Å². The van der Waals surface area contributed by atoms with Crippen molar-refractivity contribution in [3.63, 3.8) is 0 Å². The molecule has 1 aromatic carbocycles. The van der Waals surface area contributed by atoms with Crippen molar-refractivity contribution in [1.29, 1.82) is 0 Å². The minimum atomic E-state index is -0.274. The number of carbonyl (C=O) groups is 1. The Kier molecular flexibility index (Phi) is 5.01. The Bertz CT molecular complexity index is 474. The second-order valence-corrected chi connectivity index (χ2v) is 5.62. The van der Waals surface area contributed by atoms with Gasteiger partial charge in [0.2, 0.25) is 0 Å². The number of piperidine rings is 1. The van der Waals surface area contributed by atoms with E-state index in [1.54, 1.807) is 6.07 Å². The second-order valence-electron chi connectivity index (χ2n) is 5.62. The molecular formula is C16H24N2O2. The monoisotopic (exact) mass is 276 g/mol. The quantitative estimate of drug-likeness (QED) is 0.858. The maximum Gasteiger partial charge on any atom is 0.338 e. The van der Waals surface area contributed by atoms with Crippen LogP contribution in [0.15, 0.2) is 18.2 Å². The van der Waals surface area contributed by atoms with Crippen LogP contribution in [0.5, 0.6) is 0 Å². The normalized spacial score (nSPS) is 19.6. The molecule has 110 valence electrons. The lowest BCUT2D eigenvalue weighted by atomic mass is 9.98. The number of anilines is 1. The van der Waals surface area contributed by atoms with Crippen LogP contribution in [0, 0.1) is 12.8 Å². The van der Waals surface area contributed by atoms with Crippen LogP contribution < -0.4 is 5.32 Å². The van der Waals surface area contributed by atoms with Crippen LogP contribution in [0.3, 0.4) is 0 Å². The summed E-state index contributed by atoms with van der Waals surface area (Å²) in [4.78, 5) is 14.1. The van der Waals surface area contributed by atoms with Gasteiger partial charge in [0.25, 0.3) is 0 Å². The molecule has 2 rings (SSSR count). The van der Waals surface area contributed by atoms with E-state index in [2.05, 4.69) is 17.3 Å². The van der Waals surface area contributed by atoms with Gasteiger partial charge in [0.05, 0.1) is 12.7 Å². The van der Waals surface area contributed by atoms with Gasteiger partial charge in [-0.25, -0.2) is 4.79 Å². The molecule has 1 N–H and O–H groups in total. The summed E-state index contributed by atoms with van der Waals surface area (Å²) in [5.41, 5.74) is 2.63. The Morgan fingerprint density at radius 2 is 2.30 bits per heavy atom. The summed E-state index contributed by atoms with van der Waals surface area (Å²) in [5, 5.41) is 3.49. The maximum absolute atomic E-state index is 11.7. The zero-order valence-corrected chi connectivity index (χ0v) is 12.6. The van der Waals surface area contributed by atoms with Crippen molar-refractivity contribution in [2.45, 2.75) is 19.8 Å². The van der Waals surface area contributed by atoms with Gasteiger partial charge in [-0.1, -0.05) is 6.07 Å². The molecule has 1 fully saturated rings. The summed E-state index contributed by atoms with van der Waals surface area (Å²) >= 11 is 0. The molecule has 1 atom stereocenters.